The predicted molar refractivity (Wildman–Crippen MR) is 95.8 cm³/mol. The summed E-state index contributed by atoms with van der Waals surface area (Å²) in [6.45, 7) is 4.35. The van der Waals surface area contributed by atoms with Crippen LogP contribution in [0.5, 0.6) is 0 Å². The number of aliphatic hydroxyl groups excluding tert-OH is 1. The van der Waals surface area contributed by atoms with Crippen molar-refractivity contribution in [1.29, 1.82) is 0 Å². The third kappa shape index (κ3) is 5.41. The van der Waals surface area contributed by atoms with E-state index in [1.807, 2.05) is 24.3 Å². The van der Waals surface area contributed by atoms with E-state index in [0.717, 1.165) is 22.0 Å². The van der Waals surface area contributed by atoms with E-state index in [1.165, 1.54) is 12.1 Å². The fourth-order valence-electron chi connectivity index (χ4n) is 2.70. The molecule has 0 aliphatic rings. The van der Waals surface area contributed by atoms with Crippen molar-refractivity contribution < 1.29 is 9.50 Å². The van der Waals surface area contributed by atoms with E-state index in [1.54, 1.807) is 12.1 Å². The minimum Gasteiger partial charge on any atom is -0.395 e. The minimum absolute atomic E-state index is 0.00583. The van der Waals surface area contributed by atoms with Gasteiger partial charge in [0.25, 0.3) is 0 Å². The highest BCUT2D eigenvalue weighted by atomic mass is 79.9. The second-order valence-electron chi connectivity index (χ2n) is 6.21. The van der Waals surface area contributed by atoms with Gasteiger partial charge in [-0.2, -0.15) is 0 Å². The molecule has 124 valence electrons. The lowest BCUT2D eigenvalue weighted by atomic mass is 9.96. The third-order valence-corrected chi connectivity index (χ3v) is 4.31. The maximum absolute atomic E-state index is 13.2. The highest BCUT2D eigenvalue weighted by molar-refractivity contribution is 9.10. The normalized spacial score (nSPS) is 14.0. The summed E-state index contributed by atoms with van der Waals surface area (Å²) in [6.07, 6.45) is 0.880. The van der Waals surface area contributed by atoms with E-state index in [0.29, 0.717) is 5.92 Å². The Morgan fingerprint density at radius 3 is 2.00 bits per heavy atom. The van der Waals surface area contributed by atoms with Crippen molar-refractivity contribution in [2.75, 3.05) is 6.61 Å². The Morgan fingerprint density at radius 1 is 1.00 bits per heavy atom. The summed E-state index contributed by atoms with van der Waals surface area (Å²) in [7, 11) is 0. The van der Waals surface area contributed by atoms with Crippen LogP contribution in [0.1, 0.15) is 37.4 Å². The fourth-order valence-corrected chi connectivity index (χ4v) is 2.96. The van der Waals surface area contributed by atoms with Crippen molar-refractivity contribution in [3.05, 3.63) is 69.9 Å². The zero-order valence-corrected chi connectivity index (χ0v) is 15.1. The van der Waals surface area contributed by atoms with Gasteiger partial charge in [0, 0.05) is 10.5 Å². The summed E-state index contributed by atoms with van der Waals surface area (Å²) in [5, 5.41) is 13.2. The number of benzene rings is 2. The van der Waals surface area contributed by atoms with Crippen LogP contribution in [0.2, 0.25) is 0 Å². The van der Waals surface area contributed by atoms with Crippen LogP contribution in [0.4, 0.5) is 4.39 Å². The van der Waals surface area contributed by atoms with Gasteiger partial charge in [-0.25, -0.2) is 4.39 Å². The Labute approximate surface area is 145 Å². The molecule has 4 heteroatoms. The molecule has 2 atom stereocenters. The summed E-state index contributed by atoms with van der Waals surface area (Å²) in [4.78, 5) is 0. The van der Waals surface area contributed by atoms with Crippen LogP contribution in [-0.2, 0) is 0 Å². The molecule has 0 aromatic heterocycles. The largest absolute Gasteiger partial charge is 0.395 e. The first-order valence-electron chi connectivity index (χ1n) is 7.87. The molecule has 0 bridgehead atoms. The Morgan fingerprint density at radius 2 is 1.52 bits per heavy atom. The number of nitrogens with one attached hydrogen (secondary N) is 1. The van der Waals surface area contributed by atoms with Crippen LogP contribution in [0.25, 0.3) is 0 Å². The summed E-state index contributed by atoms with van der Waals surface area (Å²) >= 11 is 3.45. The summed E-state index contributed by atoms with van der Waals surface area (Å²) < 4.78 is 14.3. The van der Waals surface area contributed by atoms with Gasteiger partial charge in [0.15, 0.2) is 0 Å². The SMILES string of the molecule is CC(C)C[C@@H](CO)N[C@H](c1ccc(F)cc1)c1ccc(Br)cc1. The van der Waals surface area contributed by atoms with Crippen molar-refractivity contribution in [2.45, 2.75) is 32.4 Å². The van der Waals surface area contributed by atoms with Gasteiger partial charge in [0.2, 0.25) is 0 Å². The Hall–Kier alpha value is -1.23. The maximum Gasteiger partial charge on any atom is 0.123 e. The van der Waals surface area contributed by atoms with Gasteiger partial charge >= 0.3 is 0 Å². The standard InChI is InChI=1S/C19H23BrFNO/c1-13(2)11-18(12-23)22-19(14-3-7-16(20)8-4-14)15-5-9-17(21)10-6-15/h3-10,13,18-19,22-23H,11-12H2,1-2H3/t18-,19-/m0/s1. The summed E-state index contributed by atoms with van der Waals surface area (Å²) in [6, 6.07) is 14.5. The molecule has 2 rings (SSSR count). The van der Waals surface area contributed by atoms with Gasteiger partial charge < -0.3 is 10.4 Å². The van der Waals surface area contributed by atoms with Gasteiger partial charge in [0.1, 0.15) is 5.82 Å². The highest BCUT2D eigenvalue weighted by Crippen LogP contribution is 2.25. The minimum atomic E-state index is -0.246. The van der Waals surface area contributed by atoms with Crippen LogP contribution in [0, 0.1) is 11.7 Å². The van der Waals surface area contributed by atoms with Gasteiger partial charge in [-0.15, -0.1) is 0 Å². The van der Waals surface area contributed by atoms with Crippen LogP contribution >= 0.6 is 15.9 Å². The quantitative estimate of drug-likeness (QED) is 0.732. The fraction of sp³-hybridized carbons (Fsp3) is 0.368. The summed E-state index contributed by atoms with van der Waals surface area (Å²) in [5.74, 6) is 0.239. The number of rotatable bonds is 7. The molecule has 0 aliphatic heterocycles. The van der Waals surface area contributed by atoms with Gasteiger partial charge in [-0.3, -0.25) is 0 Å². The molecule has 0 radical (unpaired) electrons. The first-order chi connectivity index (χ1) is 11.0. The number of aliphatic hydroxyl groups is 1. The lowest BCUT2D eigenvalue weighted by molar-refractivity contribution is 0.218. The number of hydrogen-bond donors (Lipinski definition) is 2. The molecule has 0 fully saturated rings. The lowest BCUT2D eigenvalue weighted by Crippen LogP contribution is -2.37. The van der Waals surface area contributed by atoms with Crippen LogP contribution < -0.4 is 5.32 Å². The molecule has 0 unspecified atom stereocenters. The lowest BCUT2D eigenvalue weighted by Gasteiger charge is -2.26. The molecule has 2 aromatic carbocycles. The van der Waals surface area contributed by atoms with Gasteiger partial charge in [-0.1, -0.05) is 54.0 Å². The molecule has 23 heavy (non-hydrogen) atoms. The number of halogens is 2. The molecule has 0 spiro atoms. The van der Waals surface area contributed by atoms with Crippen molar-refractivity contribution in [1.82, 2.24) is 5.32 Å². The van der Waals surface area contributed by atoms with Crippen LogP contribution in [-0.4, -0.2) is 17.8 Å². The molecule has 0 saturated heterocycles. The Kier molecular flexibility index (Phi) is 6.75. The predicted octanol–water partition coefficient (Wildman–Crippen LogP) is 4.67. The third-order valence-electron chi connectivity index (χ3n) is 3.79. The van der Waals surface area contributed by atoms with Crippen molar-refractivity contribution in [3.63, 3.8) is 0 Å². The molecular formula is C19H23BrFNO. The highest BCUT2D eigenvalue weighted by Gasteiger charge is 2.19. The average Bonchev–Trinajstić information content (AvgIpc) is 2.53. The first kappa shape index (κ1) is 18.1. The van der Waals surface area contributed by atoms with Crippen molar-refractivity contribution in [3.8, 4) is 0 Å². The van der Waals surface area contributed by atoms with Gasteiger partial charge in [0.05, 0.1) is 12.6 Å². The monoisotopic (exact) mass is 379 g/mol. The van der Waals surface area contributed by atoms with E-state index in [-0.39, 0.29) is 24.5 Å². The second kappa shape index (κ2) is 8.57. The average molecular weight is 380 g/mol. The van der Waals surface area contributed by atoms with Gasteiger partial charge in [-0.05, 0) is 47.7 Å². The van der Waals surface area contributed by atoms with E-state index in [2.05, 4.69) is 35.1 Å². The molecule has 2 nitrogen and oxygen atoms in total. The topological polar surface area (TPSA) is 32.3 Å². The zero-order chi connectivity index (χ0) is 16.8. The summed E-state index contributed by atoms with van der Waals surface area (Å²) in [5.41, 5.74) is 2.07. The zero-order valence-electron chi connectivity index (χ0n) is 13.5. The smallest absolute Gasteiger partial charge is 0.123 e. The molecule has 0 saturated carbocycles. The molecule has 0 heterocycles. The van der Waals surface area contributed by atoms with Crippen molar-refractivity contribution in [2.24, 2.45) is 5.92 Å². The maximum atomic E-state index is 13.2. The second-order valence-corrected chi connectivity index (χ2v) is 7.13. The van der Waals surface area contributed by atoms with E-state index >= 15 is 0 Å². The van der Waals surface area contributed by atoms with E-state index < -0.39 is 0 Å². The van der Waals surface area contributed by atoms with E-state index in [4.69, 9.17) is 0 Å². The molecular weight excluding hydrogens is 357 g/mol. The van der Waals surface area contributed by atoms with Crippen molar-refractivity contribution >= 4 is 15.9 Å². The molecule has 2 N–H and O–H groups in total. The number of hydrogen-bond acceptors (Lipinski definition) is 2. The Bertz CT molecular complexity index is 552. The Balaban J connectivity index is 2.30. The van der Waals surface area contributed by atoms with E-state index in [9.17, 15) is 9.50 Å². The molecule has 0 amide bonds. The molecule has 0 aliphatic carbocycles. The molecule has 2 aromatic rings. The van der Waals surface area contributed by atoms with Crippen LogP contribution in [0.3, 0.4) is 0 Å². The first-order valence-corrected chi connectivity index (χ1v) is 8.66. The van der Waals surface area contributed by atoms with Crippen LogP contribution in [0.15, 0.2) is 53.0 Å².